The summed E-state index contributed by atoms with van der Waals surface area (Å²) in [6.07, 6.45) is 1.79. The first-order chi connectivity index (χ1) is 16.3. The zero-order valence-corrected chi connectivity index (χ0v) is 21.0. The number of hydrogen-bond acceptors (Lipinski definition) is 5. The van der Waals surface area contributed by atoms with E-state index >= 15 is 0 Å². The first-order valence-corrected chi connectivity index (χ1v) is 12.1. The molecule has 0 radical (unpaired) electrons. The fourth-order valence-electron chi connectivity index (χ4n) is 3.24. The van der Waals surface area contributed by atoms with E-state index in [-0.39, 0.29) is 23.4 Å². The number of aryl methyl sites for hydroxylation is 1. The van der Waals surface area contributed by atoms with Crippen molar-refractivity contribution in [3.8, 4) is 5.75 Å². The lowest BCUT2D eigenvalue weighted by Crippen LogP contribution is -2.28. The van der Waals surface area contributed by atoms with E-state index in [2.05, 4.69) is 5.32 Å². The van der Waals surface area contributed by atoms with Crippen LogP contribution >= 0.6 is 47.2 Å². The van der Waals surface area contributed by atoms with Crippen molar-refractivity contribution in [2.75, 3.05) is 16.8 Å². The summed E-state index contributed by atoms with van der Waals surface area (Å²) >= 11 is 18.8. The van der Waals surface area contributed by atoms with Crippen LogP contribution in [0.1, 0.15) is 11.1 Å². The normalized spacial score (nSPS) is 14.6. The molecule has 0 atom stereocenters. The predicted molar refractivity (Wildman–Crippen MR) is 144 cm³/mol. The van der Waals surface area contributed by atoms with E-state index < -0.39 is 0 Å². The first kappa shape index (κ1) is 24.3. The van der Waals surface area contributed by atoms with Crippen molar-refractivity contribution in [2.24, 2.45) is 0 Å². The molecule has 34 heavy (non-hydrogen) atoms. The minimum atomic E-state index is -0.367. The molecule has 1 aliphatic rings. The maximum atomic E-state index is 13.0. The number of nitrogens with one attached hydrogen (secondary N) is 1. The van der Waals surface area contributed by atoms with Crippen molar-refractivity contribution < 1.29 is 14.3 Å². The Balaban J connectivity index is 1.38. The van der Waals surface area contributed by atoms with Crippen LogP contribution in [0.5, 0.6) is 5.75 Å². The average Bonchev–Trinajstić information content (AvgIpc) is 3.09. The molecule has 5 nitrogen and oxygen atoms in total. The molecular formula is C25H18Cl2N2O3S2. The molecule has 3 aromatic carbocycles. The van der Waals surface area contributed by atoms with Crippen LogP contribution in [0.25, 0.3) is 6.08 Å². The van der Waals surface area contributed by atoms with Gasteiger partial charge in [0.05, 0.1) is 26.3 Å². The number of carbonyl (C=O) groups is 2. The molecular weight excluding hydrogens is 511 g/mol. The highest BCUT2D eigenvalue weighted by atomic mass is 35.5. The molecule has 1 saturated heterocycles. The summed E-state index contributed by atoms with van der Waals surface area (Å²) in [6.45, 7) is 1.75. The summed E-state index contributed by atoms with van der Waals surface area (Å²) in [5.41, 5.74) is 2.99. The fraction of sp³-hybridized carbons (Fsp3) is 0.0800. The third-order valence-corrected chi connectivity index (χ3v) is 7.04. The van der Waals surface area contributed by atoms with Crippen LogP contribution in [-0.2, 0) is 9.59 Å². The van der Waals surface area contributed by atoms with E-state index in [0.29, 0.717) is 25.7 Å². The molecule has 0 unspecified atom stereocenters. The number of halogens is 2. The van der Waals surface area contributed by atoms with E-state index in [0.717, 1.165) is 16.8 Å². The molecule has 0 aromatic heterocycles. The third-order valence-electron chi connectivity index (χ3n) is 4.92. The largest absolute Gasteiger partial charge is 0.484 e. The van der Waals surface area contributed by atoms with Crippen LogP contribution in [0, 0.1) is 6.92 Å². The van der Waals surface area contributed by atoms with Crippen LogP contribution < -0.4 is 15.0 Å². The highest BCUT2D eigenvalue weighted by Gasteiger charge is 2.33. The Morgan fingerprint density at radius 3 is 2.56 bits per heavy atom. The van der Waals surface area contributed by atoms with Gasteiger partial charge in [-0.05, 0) is 54.5 Å². The fourth-order valence-corrected chi connectivity index (χ4v) is 4.87. The van der Waals surface area contributed by atoms with Gasteiger partial charge < -0.3 is 10.1 Å². The standard InChI is InChI=1S/C25H18Cl2N2O3S2/c1-15-5-2-3-8-20(15)29-24(31)21(34-25(29)33)13-16-9-11-17(12-10-16)32-14-22(30)28-19-7-4-6-18(26)23(19)27/h2-13H,14H2,1H3,(H,28,30)/b21-13-. The number of nitrogens with zero attached hydrogens (tertiary/aromatic N) is 1. The molecule has 0 aliphatic carbocycles. The van der Waals surface area contributed by atoms with Crippen molar-refractivity contribution >= 4 is 80.8 Å². The minimum Gasteiger partial charge on any atom is -0.484 e. The summed E-state index contributed by atoms with van der Waals surface area (Å²) in [4.78, 5) is 27.3. The van der Waals surface area contributed by atoms with E-state index in [1.54, 1.807) is 53.4 Å². The van der Waals surface area contributed by atoms with Crippen LogP contribution in [0.3, 0.4) is 0 Å². The van der Waals surface area contributed by atoms with Gasteiger partial charge in [-0.2, -0.15) is 0 Å². The monoisotopic (exact) mass is 528 g/mol. The average molecular weight is 529 g/mol. The Hall–Kier alpha value is -2.84. The summed E-state index contributed by atoms with van der Waals surface area (Å²) in [5.74, 6) is -0.00829. The van der Waals surface area contributed by atoms with Crippen LogP contribution in [0.2, 0.25) is 10.0 Å². The molecule has 1 N–H and O–H groups in total. The van der Waals surface area contributed by atoms with E-state index in [1.807, 2.05) is 31.2 Å². The third kappa shape index (κ3) is 5.45. The Labute approximate surface area is 216 Å². The van der Waals surface area contributed by atoms with Crippen molar-refractivity contribution in [3.05, 3.63) is 92.8 Å². The number of thiocarbonyl (C=S) groups is 1. The van der Waals surface area contributed by atoms with Crippen molar-refractivity contribution in [2.45, 2.75) is 6.92 Å². The van der Waals surface area contributed by atoms with Gasteiger partial charge >= 0.3 is 0 Å². The lowest BCUT2D eigenvalue weighted by molar-refractivity contribution is -0.118. The Morgan fingerprint density at radius 2 is 1.82 bits per heavy atom. The van der Waals surface area contributed by atoms with Gasteiger partial charge in [0.1, 0.15) is 5.75 Å². The summed E-state index contributed by atoms with van der Waals surface area (Å²) in [5, 5.41) is 3.29. The van der Waals surface area contributed by atoms with Gasteiger partial charge in [-0.3, -0.25) is 14.5 Å². The van der Waals surface area contributed by atoms with Crippen LogP contribution in [0.4, 0.5) is 11.4 Å². The van der Waals surface area contributed by atoms with Crippen molar-refractivity contribution in [1.29, 1.82) is 0 Å². The van der Waals surface area contributed by atoms with Crippen molar-refractivity contribution in [1.82, 2.24) is 0 Å². The second-order valence-electron chi connectivity index (χ2n) is 7.31. The van der Waals surface area contributed by atoms with Gasteiger partial charge in [0.15, 0.2) is 10.9 Å². The summed E-state index contributed by atoms with van der Waals surface area (Å²) in [7, 11) is 0. The topological polar surface area (TPSA) is 58.6 Å². The molecule has 0 saturated carbocycles. The van der Waals surface area contributed by atoms with Gasteiger partial charge in [0, 0.05) is 0 Å². The number of para-hydroxylation sites is 1. The highest BCUT2D eigenvalue weighted by Crippen LogP contribution is 2.37. The van der Waals surface area contributed by atoms with Gasteiger partial charge in [-0.1, -0.05) is 83.6 Å². The summed E-state index contributed by atoms with van der Waals surface area (Å²) < 4.78 is 6.05. The molecule has 0 bridgehead atoms. The molecule has 172 valence electrons. The molecule has 2 amide bonds. The van der Waals surface area contributed by atoms with E-state index in [4.69, 9.17) is 40.2 Å². The molecule has 3 aromatic rings. The Morgan fingerprint density at radius 1 is 1.09 bits per heavy atom. The molecule has 0 spiro atoms. The number of anilines is 2. The van der Waals surface area contributed by atoms with E-state index in [9.17, 15) is 9.59 Å². The number of carbonyl (C=O) groups excluding carboxylic acids is 2. The number of rotatable bonds is 6. The molecule has 1 fully saturated rings. The lowest BCUT2D eigenvalue weighted by Gasteiger charge is -2.16. The lowest BCUT2D eigenvalue weighted by atomic mass is 10.1. The van der Waals surface area contributed by atoms with Crippen LogP contribution in [0.15, 0.2) is 71.6 Å². The van der Waals surface area contributed by atoms with Gasteiger partial charge in [0.25, 0.3) is 11.8 Å². The second-order valence-corrected chi connectivity index (χ2v) is 9.77. The number of benzene rings is 3. The number of hydrogen-bond donors (Lipinski definition) is 1. The van der Waals surface area contributed by atoms with Gasteiger partial charge in [-0.25, -0.2) is 0 Å². The zero-order chi connectivity index (χ0) is 24.2. The van der Waals surface area contributed by atoms with Gasteiger partial charge in [0.2, 0.25) is 0 Å². The van der Waals surface area contributed by atoms with Crippen LogP contribution in [-0.4, -0.2) is 22.7 Å². The van der Waals surface area contributed by atoms with Gasteiger partial charge in [-0.15, -0.1) is 0 Å². The molecule has 4 rings (SSSR count). The molecule has 1 heterocycles. The minimum absolute atomic E-state index is 0.152. The zero-order valence-electron chi connectivity index (χ0n) is 17.9. The maximum Gasteiger partial charge on any atom is 0.270 e. The quantitative estimate of drug-likeness (QED) is 0.284. The number of ether oxygens (including phenoxy) is 1. The Kier molecular flexibility index (Phi) is 7.58. The summed E-state index contributed by atoms with van der Waals surface area (Å²) in [6, 6.07) is 19.7. The molecule has 9 heteroatoms. The first-order valence-electron chi connectivity index (χ1n) is 10.1. The van der Waals surface area contributed by atoms with E-state index in [1.165, 1.54) is 11.8 Å². The smallest absolute Gasteiger partial charge is 0.270 e. The SMILES string of the molecule is Cc1ccccc1N1C(=O)/C(=C/c2ccc(OCC(=O)Nc3cccc(Cl)c3Cl)cc2)SC1=S. The highest BCUT2D eigenvalue weighted by molar-refractivity contribution is 8.27. The number of thioether (sulfide) groups is 1. The number of amides is 2. The molecule has 1 aliphatic heterocycles. The van der Waals surface area contributed by atoms with Crippen molar-refractivity contribution in [3.63, 3.8) is 0 Å². The predicted octanol–water partition coefficient (Wildman–Crippen LogP) is 6.73. The second kappa shape index (κ2) is 10.6. The Bertz CT molecular complexity index is 1310. The maximum absolute atomic E-state index is 13.0.